The van der Waals surface area contributed by atoms with Crippen LogP contribution in [0.15, 0.2) is 36.5 Å². The summed E-state index contributed by atoms with van der Waals surface area (Å²) < 4.78 is 5.15. The van der Waals surface area contributed by atoms with Crippen LogP contribution in [0, 0.1) is 10.4 Å². The first-order chi connectivity index (χ1) is 10.5. The minimum Gasteiger partial charge on any atom is -0.612 e. The van der Waals surface area contributed by atoms with Gasteiger partial charge in [-0.25, -0.2) is 4.79 Å². The SMILES string of the molecule is COc1c[nH]c2cc(C(=O)O)c3c(=[N+]([O-])[O-])cccc3c2c1. The standard InChI is InChI=1S/C15H11N2O5/c1-22-8-5-10-9-3-2-4-13(17(20)21)14(9)11(15(18)19)6-12(10)16-7-8/h2-7,16H,1H3,(H-,18,19,20,21)/q-1. The number of carboxylic acids is 1. The van der Waals surface area contributed by atoms with Gasteiger partial charge >= 0.3 is 5.97 Å². The van der Waals surface area contributed by atoms with Gasteiger partial charge in [0.05, 0.1) is 18.1 Å². The third-order valence-corrected chi connectivity index (χ3v) is 3.50. The van der Waals surface area contributed by atoms with Crippen molar-refractivity contribution in [2.24, 2.45) is 0 Å². The Hall–Kier alpha value is -3.22. The van der Waals surface area contributed by atoms with E-state index in [9.17, 15) is 20.3 Å². The number of hydrogen-bond donors (Lipinski definition) is 2. The number of aromatic carboxylic acids is 1. The normalized spacial score (nSPS) is 10.8. The average Bonchev–Trinajstić information content (AvgIpc) is 2.52. The van der Waals surface area contributed by atoms with Crippen LogP contribution >= 0.6 is 0 Å². The Balaban J connectivity index is 2.64. The van der Waals surface area contributed by atoms with Crippen LogP contribution in [0.3, 0.4) is 0 Å². The van der Waals surface area contributed by atoms with E-state index < -0.39 is 10.9 Å². The monoisotopic (exact) mass is 299 g/mol. The summed E-state index contributed by atoms with van der Waals surface area (Å²) in [5, 5.41) is 32.9. The second-order valence-corrected chi connectivity index (χ2v) is 4.69. The summed E-state index contributed by atoms with van der Waals surface area (Å²) in [5.74, 6) is -0.672. The number of pyridine rings is 1. The van der Waals surface area contributed by atoms with Crippen molar-refractivity contribution in [1.29, 1.82) is 0 Å². The first kappa shape index (κ1) is 13.7. The van der Waals surface area contributed by atoms with E-state index in [0.717, 1.165) is 0 Å². The number of carbonyl (C=O) groups is 1. The van der Waals surface area contributed by atoms with Crippen molar-refractivity contribution in [3.63, 3.8) is 0 Å². The van der Waals surface area contributed by atoms with Gasteiger partial charge in [0, 0.05) is 23.2 Å². The highest BCUT2D eigenvalue weighted by Crippen LogP contribution is 2.28. The zero-order chi connectivity index (χ0) is 15.9. The molecule has 2 aromatic carbocycles. The summed E-state index contributed by atoms with van der Waals surface area (Å²) in [6.45, 7) is 0. The minimum absolute atomic E-state index is 0.106. The van der Waals surface area contributed by atoms with Crippen LogP contribution in [0.2, 0.25) is 0 Å². The first-order valence-electron chi connectivity index (χ1n) is 6.35. The van der Waals surface area contributed by atoms with E-state index in [2.05, 4.69) is 4.98 Å². The number of ether oxygens (including phenoxy) is 1. The lowest BCUT2D eigenvalue weighted by molar-refractivity contribution is 0.0699. The Morgan fingerprint density at radius 3 is 2.68 bits per heavy atom. The van der Waals surface area contributed by atoms with Crippen LogP contribution in [0.1, 0.15) is 10.4 Å². The van der Waals surface area contributed by atoms with Crippen LogP contribution in [0.25, 0.3) is 21.7 Å². The van der Waals surface area contributed by atoms with E-state index in [1.54, 1.807) is 18.3 Å². The van der Waals surface area contributed by atoms with Crippen molar-refractivity contribution in [2.45, 2.75) is 0 Å². The first-order valence-corrected chi connectivity index (χ1v) is 6.35. The molecule has 0 spiro atoms. The van der Waals surface area contributed by atoms with Crippen LogP contribution < -0.4 is 15.0 Å². The van der Waals surface area contributed by atoms with Gasteiger partial charge < -0.3 is 25.2 Å². The number of nitrogens with zero attached hydrogens (tertiary/aromatic N) is 1. The number of aromatic amines is 1. The molecule has 1 aromatic heterocycles. The van der Waals surface area contributed by atoms with Gasteiger partial charge in [-0.2, -0.15) is 4.90 Å². The smallest absolute Gasteiger partial charge is 0.336 e. The summed E-state index contributed by atoms with van der Waals surface area (Å²) in [7, 11) is 1.51. The lowest BCUT2D eigenvalue weighted by atomic mass is 9.99. The highest BCUT2D eigenvalue weighted by molar-refractivity contribution is 6.14. The lowest BCUT2D eigenvalue weighted by Gasteiger charge is -2.10. The number of hydrogen-bond acceptors (Lipinski definition) is 4. The molecule has 2 N–H and O–H groups in total. The highest BCUT2D eigenvalue weighted by atomic mass is 16.8. The number of carboxylic acid groups (broad SMARTS) is 1. The van der Waals surface area contributed by atoms with E-state index in [-0.39, 0.29) is 16.3 Å². The number of H-pyrrole nitrogens is 1. The molecule has 0 unspecified atom stereocenters. The van der Waals surface area contributed by atoms with Gasteiger partial charge in [0.1, 0.15) is 5.75 Å². The summed E-state index contributed by atoms with van der Waals surface area (Å²) in [6, 6.07) is 7.59. The highest BCUT2D eigenvalue weighted by Gasteiger charge is 2.16. The summed E-state index contributed by atoms with van der Waals surface area (Å²) in [6.07, 6.45) is 1.59. The van der Waals surface area contributed by atoms with E-state index in [1.807, 2.05) is 0 Å². The summed E-state index contributed by atoms with van der Waals surface area (Å²) in [4.78, 5) is 13.9. The molecule has 1 heterocycles. The quantitative estimate of drug-likeness (QED) is 0.553. The number of benzene rings is 2. The van der Waals surface area contributed by atoms with Gasteiger partial charge in [-0.3, -0.25) is 0 Å². The van der Waals surface area contributed by atoms with Crippen molar-refractivity contribution in [3.05, 3.63) is 57.9 Å². The van der Waals surface area contributed by atoms with Crippen molar-refractivity contribution < 1.29 is 14.6 Å². The third-order valence-electron chi connectivity index (χ3n) is 3.50. The molecule has 3 rings (SSSR count). The molecular weight excluding hydrogens is 288 g/mol. The fraction of sp³-hybridized carbons (Fsp3) is 0.0667. The van der Waals surface area contributed by atoms with E-state index in [4.69, 9.17) is 4.74 Å². The van der Waals surface area contributed by atoms with Crippen LogP contribution in [0.4, 0.5) is 0 Å². The maximum atomic E-state index is 11.5. The molecule has 0 aliphatic heterocycles. The summed E-state index contributed by atoms with van der Waals surface area (Å²) in [5.41, 5.74) is 0.447. The number of methoxy groups -OCH3 is 1. The predicted octanol–water partition coefficient (Wildman–Crippen LogP) is 1.80. The Bertz CT molecular complexity index is 971. The molecule has 112 valence electrons. The molecule has 0 atom stereocenters. The van der Waals surface area contributed by atoms with Crippen LogP contribution in [-0.4, -0.2) is 23.2 Å². The zero-order valence-electron chi connectivity index (χ0n) is 11.5. The zero-order valence-corrected chi connectivity index (χ0v) is 11.5. The van der Waals surface area contributed by atoms with Gasteiger partial charge in [-0.15, -0.1) is 0 Å². The molecule has 0 saturated carbocycles. The van der Waals surface area contributed by atoms with E-state index in [1.165, 1.54) is 25.3 Å². The second kappa shape index (κ2) is 4.96. The van der Waals surface area contributed by atoms with Gasteiger partial charge in [-0.05, 0) is 17.5 Å². The van der Waals surface area contributed by atoms with Crippen LogP contribution in [-0.2, 0) is 0 Å². The molecule has 0 bridgehead atoms. The molecule has 0 amide bonds. The van der Waals surface area contributed by atoms with E-state index >= 15 is 0 Å². The Morgan fingerprint density at radius 2 is 2.05 bits per heavy atom. The molecule has 0 radical (unpaired) electrons. The molecular formula is C15H11N2O5-. The predicted molar refractivity (Wildman–Crippen MR) is 81.3 cm³/mol. The number of aromatic nitrogens is 1. The Kier molecular flexibility index (Phi) is 3.10. The van der Waals surface area contributed by atoms with Crippen molar-refractivity contribution in [1.82, 2.24) is 9.89 Å². The number of rotatable bonds is 2. The van der Waals surface area contributed by atoms with Crippen molar-refractivity contribution >= 4 is 27.6 Å². The van der Waals surface area contributed by atoms with Gasteiger partial charge in [0.15, 0.2) is 0 Å². The minimum atomic E-state index is -1.22. The van der Waals surface area contributed by atoms with E-state index in [0.29, 0.717) is 22.0 Å². The molecule has 0 saturated heterocycles. The van der Waals surface area contributed by atoms with Gasteiger partial charge in [0.2, 0.25) is 5.36 Å². The van der Waals surface area contributed by atoms with Crippen LogP contribution in [0.5, 0.6) is 5.75 Å². The van der Waals surface area contributed by atoms with Gasteiger partial charge in [-0.1, -0.05) is 12.1 Å². The molecule has 22 heavy (non-hydrogen) atoms. The topological polar surface area (TPSA) is 111 Å². The Labute approximate surface area is 123 Å². The average molecular weight is 299 g/mol. The third kappa shape index (κ3) is 1.99. The largest absolute Gasteiger partial charge is 0.612 e. The fourth-order valence-corrected chi connectivity index (χ4v) is 2.53. The second-order valence-electron chi connectivity index (χ2n) is 4.69. The maximum absolute atomic E-state index is 11.5. The number of nitrogens with one attached hydrogen (secondary N) is 1. The van der Waals surface area contributed by atoms with Crippen molar-refractivity contribution in [3.8, 4) is 5.75 Å². The number of fused-ring (bicyclic) bond motifs is 3. The molecule has 0 fully saturated rings. The molecule has 7 nitrogen and oxygen atoms in total. The summed E-state index contributed by atoms with van der Waals surface area (Å²) >= 11 is 0. The lowest BCUT2D eigenvalue weighted by Crippen LogP contribution is -2.21. The molecule has 0 aliphatic carbocycles. The molecule has 0 aliphatic rings. The van der Waals surface area contributed by atoms with Gasteiger partial charge in [0.25, 0.3) is 0 Å². The van der Waals surface area contributed by atoms with Crippen molar-refractivity contribution in [2.75, 3.05) is 7.11 Å². The Morgan fingerprint density at radius 1 is 1.27 bits per heavy atom. The molecule has 3 aromatic rings. The maximum Gasteiger partial charge on any atom is 0.336 e. The molecule has 7 heteroatoms. The fourth-order valence-electron chi connectivity index (χ4n) is 2.53.